The molecule has 0 radical (unpaired) electrons. The predicted octanol–water partition coefficient (Wildman–Crippen LogP) is 6.03. The van der Waals surface area contributed by atoms with E-state index in [-0.39, 0.29) is 11.8 Å². The number of aromatic nitrogens is 2. The van der Waals surface area contributed by atoms with Gasteiger partial charge in [-0.2, -0.15) is 5.26 Å². The average Bonchev–Trinajstić information content (AvgIpc) is 3.43. The number of rotatable bonds is 5. The topological polar surface area (TPSA) is 91.3 Å². The van der Waals surface area contributed by atoms with Crippen molar-refractivity contribution < 1.29 is 14.9 Å². The van der Waals surface area contributed by atoms with Crippen molar-refractivity contribution in [1.82, 2.24) is 9.55 Å². The van der Waals surface area contributed by atoms with Gasteiger partial charge in [0.1, 0.15) is 5.60 Å². The Morgan fingerprint density at radius 2 is 1.80 bits per heavy atom. The first kappa shape index (κ1) is 22.0. The van der Waals surface area contributed by atoms with E-state index in [0.717, 1.165) is 40.1 Å². The quantitative estimate of drug-likeness (QED) is 0.337. The minimum absolute atomic E-state index is 0.00411. The van der Waals surface area contributed by atoms with Crippen molar-refractivity contribution in [3.63, 3.8) is 0 Å². The number of nitrogens with zero attached hydrogens (tertiary/aromatic N) is 3. The summed E-state index contributed by atoms with van der Waals surface area (Å²) in [5.74, 6) is 0.788. The number of pyridine rings is 1. The maximum absolute atomic E-state index is 11.6. The van der Waals surface area contributed by atoms with E-state index in [1.807, 2.05) is 56.3 Å². The van der Waals surface area contributed by atoms with Crippen molar-refractivity contribution in [3.05, 3.63) is 77.0 Å². The lowest BCUT2D eigenvalue weighted by molar-refractivity contribution is -0.0803. The highest BCUT2D eigenvalue weighted by molar-refractivity contribution is 7.99. The molecule has 7 heteroatoms. The first-order valence-corrected chi connectivity index (χ1v) is 12.7. The molecule has 35 heavy (non-hydrogen) atoms. The van der Waals surface area contributed by atoms with Crippen LogP contribution in [0.15, 0.2) is 59.6 Å². The Hall–Kier alpha value is -3.47. The monoisotopic (exact) mass is 483 g/mol. The maximum atomic E-state index is 11.6. The number of fused-ring (bicyclic) bond motifs is 6. The lowest BCUT2D eigenvalue weighted by Crippen LogP contribution is -2.23. The molecule has 4 heterocycles. The Kier molecular flexibility index (Phi) is 4.89. The molecular formula is C28H25N3O3S. The second kappa shape index (κ2) is 7.77. The maximum Gasteiger partial charge on any atom is 0.205 e. The third kappa shape index (κ3) is 3.17. The Morgan fingerprint density at radius 1 is 1.03 bits per heavy atom. The van der Waals surface area contributed by atoms with E-state index in [2.05, 4.69) is 11.1 Å². The van der Waals surface area contributed by atoms with Gasteiger partial charge in [0.25, 0.3) is 0 Å². The number of aryl methyl sites for hydroxylation is 1. The van der Waals surface area contributed by atoms with Crippen LogP contribution in [0, 0.1) is 18.3 Å². The Balaban J connectivity index is 1.44. The van der Waals surface area contributed by atoms with Gasteiger partial charge in [0.15, 0.2) is 0 Å². The molecule has 176 valence electrons. The summed E-state index contributed by atoms with van der Waals surface area (Å²) in [6.07, 6.45) is 2.25. The number of hydrogen-bond donors (Lipinski definition) is 2. The largest absolute Gasteiger partial charge is 0.494 e. The highest BCUT2D eigenvalue weighted by Gasteiger charge is 2.61. The lowest BCUT2D eigenvalue weighted by atomic mass is 9.78. The zero-order chi connectivity index (χ0) is 24.4. The van der Waals surface area contributed by atoms with Crippen LogP contribution in [0.1, 0.15) is 48.6 Å². The summed E-state index contributed by atoms with van der Waals surface area (Å²) in [6.45, 7) is 3.98. The van der Waals surface area contributed by atoms with Gasteiger partial charge in [-0.15, -0.1) is 11.8 Å². The second-order valence-corrected chi connectivity index (χ2v) is 10.7. The normalized spacial score (nSPS) is 22.4. The van der Waals surface area contributed by atoms with Gasteiger partial charge in [-0.3, -0.25) is 4.57 Å². The summed E-state index contributed by atoms with van der Waals surface area (Å²) in [6, 6.07) is 19.3. The molecule has 0 unspecified atom stereocenters. The number of ether oxygens (including phenoxy) is 1. The molecule has 0 aliphatic carbocycles. The summed E-state index contributed by atoms with van der Waals surface area (Å²) in [4.78, 5) is 4.58. The van der Waals surface area contributed by atoms with Crippen molar-refractivity contribution in [1.29, 1.82) is 5.26 Å². The van der Waals surface area contributed by atoms with E-state index in [1.54, 1.807) is 23.9 Å². The molecular weight excluding hydrogens is 458 g/mol. The van der Waals surface area contributed by atoms with Crippen molar-refractivity contribution in [2.45, 2.75) is 49.3 Å². The molecule has 1 saturated heterocycles. The molecule has 2 aliphatic rings. The Morgan fingerprint density at radius 3 is 2.57 bits per heavy atom. The molecule has 4 aromatic rings. The van der Waals surface area contributed by atoms with Crippen molar-refractivity contribution in [3.8, 4) is 23.5 Å². The number of thioether (sulfide) groups is 1. The molecule has 2 aromatic heterocycles. The first-order valence-electron chi connectivity index (χ1n) is 11.7. The molecule has 6 rings (SSSR count). The first-order chi connectivity index (χ1) is 16.9. The predicted molar refractivity (Wildman–Crippen MR) is 135 cm³/mol. The number of aromatic hydroxyl groups is 2. The smallest absolute Gasteiger partial charge is 0.205 e. The fourth-order valence-corrected chi connectivity index (χ4v) is 6.85. The summed E-state index contributed by atoms with van der Waals surface area (Å²) >= 11 is 1.67. The average molecular weight is 484 g/mol. The zero-order valence-corrected chi connectivity index (χ0v) is 20.4. The Bertz CT molecular complexity index is 1540. The molecule has 2 bridgehead atoms. The van der Waals surface area contributed by atoms with Gasteiger partial charge in [0.05, 0.1) is 39.1 Å². The SMILES string of the molecule is Cc1cccc(SCC[C@]23CC[C@](C)(O2)c2c3c(O)n(-c3ccc(C#N)c4ccccc34)c2O)n1. The molecule has 6 nitrogen and oxygen atoms in total. The van der Waals surface area contributed by atoms with Crippen LogP contribution in [-0.4, -0.2) is 25.5 Å². The molecule has 2 atom stereocenters. The summed E-state index contributed by atoms with van der Waals surface area (Å²) < 4.78 is 8.10. The van der Waals surface area contributed by atoms with Gasteiger partial charge in [-0.05, 0) is 57.4 Å². The number of nitriles is 1. The van der Waals surface area contributed by atoms with Crippen LogP contribution in [0.2, 0.25) is 0 Å². The highest BCUT2D eigenvalue weighted by Crippen LogP contribution is 2.65. The standard InChI is InChI=1S/C28H25N3O3S/c1-17-6-5-9-22(30-17)35-15-14-28-13-12-27(2,34-28)23-24(28)26(33)31(25(23)32)21-11-10-18(16-29)19-7-3-4-8-20(19)21/h3-11,32-33H,12-15H2,1-2H3/t27-,28-/m0/s1. The van der Waals surface area contributed by atoms with Gasteiger partial charge >= 0.3 is 0 Å². The lowest BCUT2D eigenvalue weighted by Gasteiger charge is -2.26. The van der Waals surface area contributed by atoms with Gasteiger partial charge in [-0.1, -0.05) is 30.3 Å². The van der Waals surface area contributed by atoms with Crippen LogP contribution in [0.25, 0.3) is 16.5 Å². The molecule has 1 fully saturated rings. The minimum Gasteiger partial charge on any atom is -0.494 e. The zero-order valence-electron chi connectivity index (χ0n) is 19.6. The van der Waals surface area contributed by atoms with Crippen LogP contribution in [-0.2, 0) is 15.9 Å². The minimum atomic E-state index is -0.657. The molecule has 0 saturated carbocycles. The Labute approximate surface area is 207 Å². The van der Waals surface area contributed by atoms with Gasteiger partial charge < -0.3 is 14.9 Å². The summed E-state index contributed by atoms with van der Waals surface area (Å²) in [5.41, 5.74) is 2.23. The van der Waals surface area contributed by atoms with Crippen LogP contribution < -0.4 is 0 Å². The van der Waals surface area contributed by atoms with E-state index in [1.165, 1.54) is 4.57 Å². The van der Waals surface area contributed by atoms with Crippen LogP contribution in [0.3, 0.4) is 0 Å². The molecule has 0 amide bonds. The summed E-state index contributed by atoms with van der Waals surface area (Å²) in [5, 5.41) is 35.1. The number of hydrogen-bond acceptors (Lipinski definition) is 6. The van der Waals surface area contributed by atoms with E-state index >= 15 is 0 Å². The fourth-order valence-electron chi connectivity index (χ4n) is 5.83. The molecule has 2 aromatic carbocycles. The molecule has 2 N–H and O–H groups in total. The van der Waals surface area contributed by atoms with E-state index < -0.39 is 11.2 Å². The molecule has 2 aliphatic heterocycles. The molecule has 0 spiro atoms. The van der Waals surface area contributed by atoms with Gasteiger partial charge in [0.2, 0.25) is 11.8 Å². The third-order valence-electron chi connectivity index (χ3n) is 7.41. The van der Waals surface area contributed by atoms with E-state index in [9.17, 15) is 15.5 Å². The van der Waals surface area contributed by atoms with Crippen molar-refractivity contribution in [2.75, 3.05) is 5.75 Å². The van der Waals surface area contributed by atoms with E-state index in [0.29, 0.717) is 28.8 Å². The van der Waals surface area contributed by atoms with E-state index in [4.69, 9.17) is 4.74 Å². The third-order valence-corrected chi connectivity index (χ3v) is 8.34. The van der Waals surface area contributed by atoms with Crippen LogP contribution in [0.5, 0.6) is 11.8 Å². The van der Waals surface area contributed by atoms with Gasteiger partial charge in [-0.25, -0.2) is 4.98 Å². The van der Waals surface area contributed by atoms with Crippen LogP contribution in [0.4, 0.5) is 0 Å². The second-order valence-electron chi connectivity index (χ2n) is 9.57. The van der Waals surface area contributed by atoms with Gasteiger partial charge in [0, 0.05) is 22.2 Å². The highest BCUT2D eigenvalue weighted by atomic mass is 32.2. The van der Waals surface area contributed by atoms with Crippen molar-refractivity contribution in [2.24, 2.45) is 0 Å². The number of benzene rings is 2. The van der Waals surface area contributed by atoms with Crippen molar-refractivity contribution >= 4 is 22.5 Å². The fraction of sp³-hybridized carbons (Fsp3) is 0.286. The summed E-state index contributed by atoms with van der Waals surface area (Å²) in [7, 11) is 0. The van der Waals surface area contributed by atoms with Crippen LogP contribution >= 0.6 is 11.8 Å².